The van der Waals surface area contributed by atoms with E-state index in [2.05, 4.69) is 5.32 Å². The molecule has 2 aromatic carbocycles. The Balaban J connectivity index is 1.88. The summed E-state index contributed by atoms with van der Waals surface area (Å²) in [6, 6.07) is 14.9. The molecule has 3 amide bonds. The molecule has 0 bridgehead atoms. The van der Waals surface area contributed by atoms with Crippen molar-refractivity contribution >= 4 is 17.7 Å². The number of nitriles is 1. The number of imide groups is 1. The van der Waals surface area contributed by atoms with Crippen molar-refractivity contribution in [3.8, 4) is 6.07 Å². The quantitative estimate of drug-likeness (QED) is 0.680. The average Bonchev–Trinajstić information content (AvgIpc) is 2.86. The average molecular weight is 347 g/mol. The molecule has 3 rings (SSSR count). The van der Waals surface area contributed by atoms with Gasteiger partial charge in [0.1, 0.15) is 5.54 Å². The van der Waals surface area contributed by atoms with E-state index in [-0.39, 0.29) is 12.3 Å². The predicted molar refractivity (Wildman–Crippen MR) is 94.3 cm³/mol. The van der Waals surface area contributed by atoms with Crippen molar-refractivity contribution in [3.63, 3.8) is 0 Å². The molecule has 1 N–H and O–H groups in total. The van der Waals surface area contributed by atoms with Crippen LogP contribution in [0.4, 0.5) is 4.79 Å². The summed E-state index contributed by atoms with van der Waals surface area (Å²) in [5, 5.41) is 11.7. The van der Waals surface area contributed by atoms with Crippen LogP contribution in [0.25, 0.3) is 0 Å². The van der Waals surface area contributed by atoms with Gasteiger partial charge >= 0.3 is 6.03 Å². The van der Waals surface area contributed by atoms with Crippen molar-refractivity contribution in [2.75, 3.05) is 6.54 Å². The number of hydrogen-bond acceptors (Lipinski definition) is 4. The first-order chi connectivity index (χ1) is 12.4. The highest BCUT2D eigenvalue weighted by atomic mass is 16.2. The molecule has 1 fully saturated rings. The monoisotopic (exact) mass is 347 g/mol. The maximum Gasteiger partial charge on any atom is 0.325 e. The lowest BCUT2D eigenvalue weighted by atomic mass is 9.91. The zero-order valence-electron chi connectivity index (χ0n) is 14.4. The van der Waals surface area contributed by atoms with Gasteiger partial charge in [-0.3, -0.25) is 14.5 Å². The molecule has 0 spiro atoms. The Kier molecular flexibility index (Phi) is 4.31. The van der Waals surface area contributed by atoms with Crippen LogP contribution >= 0.6 is 0 Å². The highest BCUT2D eigenvalue weighted by Gasteiger charge is 2.49. The largest absolute Gasteiger partial charge is 0.325 e. The maximum absolute atomic E-state index is 12.9. The van der Waals surface area contributed by atoms with Gasteiger partial charge in [-0.05, 0) is 37.1 Å². The summed E-state index contributed by atoms with van der Waals surface area (Å²) in [5.74, 6) is -0.818. The van der Waals surface area contributed by atoms with Crippen LogP contribution < -0.4 is 5.32 Å². The van der Waals surface area contributed by atoms with Crippen molar-refractivity contribution < 1.29 is 14.4 Å². The molecule has 0 aliphatic carbocycles. The Morgan fingerprint density at radius 3 is 2.62 bits per heavy atom. The first-order valence-electron chi connectivity index (χ1n) is 8.10. The van der Waals surface area contributed by atoms with E-state index in [0.717, 1.165) is 10.5 Å². The van der Waals surface area contributed by atoms with E-state index in [9.17, 15) is 14.4 Å². The standard InChI is InChI=1S/C20H17N3O3/c1-13-6-3-4-9-16(13)17(24)12-23-18(25)20(2,22-19(23)26)15-8-5-7-14(10-15)11-21/h3-10H,12H2,1-2H3,(H,22,26). The lowest BCUT2D eigenvalue weighted by Crippen LogP contribution is -2.41. The molecule has 1 aliphatic rings. The molecule has 130 valence electrons. The Morgan fingerprint density at radius 1 is 1.19 bits per heavy atom. The molecule has 1 aliphatic heterocycles. The van der Waals surface area contributed by atoms with Crippen LogP contribution in [0.2, 0.25) is 0 Å². The van der Waals surface area contributed by atoms with Crippen molar-refractivity contribution in [1.29, 1.82) is 5.26 Å². The number of hydrogen-bond donors (Lipinski definition) is 1. The Morgan fingerprint density at radius 2 is 1.92 bits per heavy atom. The van der Waals surface area contributed by atoms with E-state index in [0.29, 0.717) is 16.7 Å². The van der Waals surface area contributed by atoms with Gasteiger partial charge in [0, 0.05) is 5.56 Å². The number of rotatable bonds is 4. The molecular weight excluding hydrogens is 330 g/mol. The van der Waals surface area contributed by atoms with Crippen LogP contribution in [-0.4, -0.2) is 29.2 Å². The topological polar surface area (TPSA) is 90.3 Å². The third-order valence-electron chi connectivity index (χ3n) is 4.59. The zero-order valence-corrected chi connectivity index (χ0v) is 14.4. The zero-order chi connectivity index (χ0) is 18.9. The first-order valence-corrected chi connectivity index (χ1v) is 8.10. The van der Waals surface area contributed by atoms with E-state index in [1.165, 1.54) is 0 Å². The number of urea groups is 1. The van der Waals surface area contributed by atoms with E-state index >= 15 is 0 Å². The predicted octanol–water partition coefficient (Wildman–Crippen LogP) is 2.52. The molecule has 0 saturated carbocycles. The van der Waals surface area contributed by atoms with Crippen LogP contribution in [0.1, 0.15) is 34.0 Å². The molecule has 6 heteroatoms. The minimum atomic E-state index is -1.31. The first kappa shape index (κ1) is 17.4. The lowest BCUT2D eigenvalue weighted by molar-refractivity contribution is -0.130. The molecule has 26 heavy (non-hydrogen) atoms. The van der Waals surface area contributed by atoms with Gasteiger partial charge in [-0.25, -0.2) is 4.79 Å². The summed E-state index contributed by atoms with van der Waals surface area (Å²) in [4.78, 5) is 38.7. The fraction of sp³-hybridized carbons (Fsp3) is 0.200. The Bertz CT molecular complexity index is 961. The van der Waals surface area contributed by atoms with E-state index < -0.39 is 17.5 Å². The van der Waals surface area contributed by atoms with Crippen molar-refractivity contribution in [3.05, 3.63) is 70.8 Å². The fourth-order valence-electron chi connectivity index (χ4n) is 3.05. The van der Waals surface area contributed by atoms with Crippen molar-refractivity contribution in [2.45, 2.75) is 19.4 Å². The number of ketones is 1. The van der Waals surface area contributed by atoms with E-state index in [4.69, 9.17) is 5.26 Å². The number of carbonyl (C=O) groups excluding carboxylic acids is 3. The van der Waals surface area contributed by atoms with Gasteiger partial charge in [-0.2, -0.15) is 5.26 Å². The summed E-state index contributed by atoms with van der Waals surface area (Å²) in [6.07, 6.45) is 0. The van der Waals surface area contributed by atoms with Gasteiger partial charge in [0.25, 0.3) is 5.91 Å². The summed E-state index contributed by atoms with van der Waals surface area (Å²) < 4.78 is 0. The van der Waals surface area contributed by atoms with Crippen LogP contribution in [0, 0.1) is 18.3 Å². The van der Waals surface area contributed by atoms with Crippen molar-refractivity contribution in [1.82, 2.24) is 10.2 Å². The highest BCUT2D eigenvalue weighted by Crippen LogP contribution is 2.29. The summed E-state index contributed by atoms with van der Waals surface area (Å²) in [7, 11) is 0. The second-order valence-electron chi connectivity index (χ2n) is 6.38. The SMILES string of the molecule is Cc1ccccc1C(=O)CN1C(=O)NC(C)(c2cccc(C#N)c2)C1=O. The second kappa shape index (κ2) is 6.45. The number of benzene rings is 2. The third-order valence-corrected chi connectivity index (χ3v) is 4.59. The number of amides is 3. The highest BCUT2D eigenvalue weighted by molar-refractivity contribution is 6.11. The molecule has 1 saturated heterocycles. The number of aryl methyl sites for hydroxylation is 1. The van der Waals surface area contributed by atoms with Gasteiger partial charge in [0.15, 0.2) is 5.78 Å². The van der Waals surface area contributed by atoms with Gasteiger partial charge in [0.2, 0.25) is 0 Å². The van der Waals surface area contributed by atoms with E-state index in [1.54, 1.807) is 56.3 Å². The summed E-state index contributed by atoms with van der Waals surface area (Å²) in [6.45, 7) is 3.04. The molecule has 6 nitrogen and oxygen atoms in total. The number of carbonyl (C=O) groups is 3. The minimum absolute atomic E-state index is 0.304. The summed E-state index contributed by atoms with van der Waals surface area (Å²) in [5.41, 5.74) is 0.846. The summed E-state index contributed by atoms with van der Waals surface area (Å²) >= 11 is 0. The minimum Gasteiger partial charge on any atom is -0.319 e. The number of Topliss-reactive ketones (excluding diaryl/α,β-unsaturated/α-hetero) is 1. The second-order valence-corrected chi connectivity index (χ2v) is 6.38. The molecule has 1 heterocycles. The number of nitrogens with one attached hydrogen (secondary N) is 1. The molecular formula is C20H17N3O3. The molecule has 1 atom stereocenters. The fourth-order valence-corrected chi connectivity index (χ4v) is 3.05. The van der Waals surface area contributed by atoms with Gasteiger partial charge in [-0.15, -0.1) is 0 Å². The molecule has 0 aromatic heterocycles. The smallest absolute Gasteiger partial charge is 0.319 e. The Labute approximate surface area is 151 Å². The Hall–Kier alpha value is -3.46. The van der Waals surface area contributed by atoms with Gasteiger partial charge in [0.05, 0.1) is 18.2 Å². The van der Waals surface area contributed by atoms with Crippen molar-refractivity contribution in [2.24, 2.45) is 0 Å². The van der Waals surface area contributed by atoms with Gasteiger partial charge < -0.3 is 5.32 Å². The normalized spacial score (nSPS) is 19.2. The van der Waals surface area contributed by atoms with Crippen LogP contribution in [0.15, 0.2) is 48.5 Å². The van der Waals surface area contributed by atoms with Crippen LogP contribution in [-0.2, 0) is 10.3 Å². The lowest BCUT2D eigenvalue weighted by Gasteiger charge is -2.22. The molecule has 1 unspecified atom stereocenters. The maximum atomic E-state index is 12.9. The number of nitrogens with zero attached hydrogens (tertiary/aromatic N) is 2. The molecule has 0 radical (unpaired) electrons. The van der Waals surface area contributed by atoms with Crippen LogP contribution in [0.3, 0.4) is 0 Å². The van der Waals surface area contributed by atoms with Gasteiger partial charge in [-0.1, -0.05) is 36.4 Å². The van der Waals surface area contributed by atoms with Crippen LogP contribution in [0.5, 0.6) is 0 Å². The molecule has 2 aromatic rings. The third kappa shape index (κ3) is 2.84. The van der Waals surface area contributed by atoms with E-state index in [1.807, 2.05) is 12.1 Å².